The van der Waals surface area contributed by atoms with E-state index in [4.69, 9.17) is 0 Å². The van der Waals surface area contributed by atoms with E-state index >= 15 is 0 Å². The highest BCUT2D eigenvalue weighted by Crippen LogP contribution is 2.23. The molecule has 0 bridgehead atoms. The molecule has 146 valence electrons. The van der Waals surface area contributed by atoms with Crippen molar-refractivity contribution in [3.05, 3.63) is 40.9 Å². The highest BCUT2D eigenvalue weighted by atomic mass is 32.2. The molecule has 2 aromatic rings. The monoisotopic (exact) mass is 425 g/mol. The number of carbonyl (C=O) groups is 1. The average Bonchev–Trinajstić information content (AvgIpc) is 3.07. The van der Waals surface area contributed by atoms with Gasteiger partial charge in [0.1, 0.15) is 0 Å². The van der Waals surface area contributed by atoms with Crippen molar-refractivity contribution in [2.24, 2.45) is 0 Å². The van der Waals surface area contributed by atoms with Crippen LogP contribution in [0.1, 0.15) is 23.8 Å². The maximum atomic E-state index is 12.5. The van der Waals surface area contributed by atoms with Crippen molar-refractivity contribution in [2.75, 3.05) is 30.1 Å². The van der Waals surface area contributed by atoms with Crippen molar-refractivity contribution in [3.8, 4) is 0 Å². The van der Waals surface area contributed by atoms with Crippen molar-refractivity contribution < 1.29 is 13.2 Å². The van der Waals surface area contributed by atoms with Crippen molar-refractivity contribution in [2.45, 2.75) is 31.1 Å². The lowest BCUT2D eigenvalue weighted by atomic mass is 10.1. The predicted octanol–water partition coefficient (Wildman–Crippen LogP) is 3.01. The number of anilines is 1. The summed E-state index contributed by atoms with van der Waals surface area (Å²) in [5.41, 5.74) is 1.13. The van der Waals surface area contributed by atoms with Crippen LogP contribution in [0, 0.1) is 0 Å². The Balaban J connectivity index is 1.58. The molecule has 6 nitrogen and oxygen atoms in total. The second-order valence-electron chi connectivity index (χ2n) is 6.38. The molecule has 0 atom stereocenters. The Morgan fingerprint density at radius 1 is 1.22 bits per heavy atom. The highest BCUT2D eigenvalue weighted by molar-refractivity contribution is 8.13. The molecule has 0 saturated carbocycles. The smallest absolute Gasteiger partial charge is 0.263 e. The number of benzene rings is 1. The molecular formula is C18H23N3O3S3. The van der Waals surface area contributed by atoms with Gasteiger partial charge in [-0.25, -0.2) is 13.4 Å². The van der Waals surface area contributed by atoms with E-state index in [2.05, 4.69) is 21.5 Å². The topological polar surface area (TPSA) is 79.4 Å². The van der Waals surface area contributed by atoms with Gasteiger partial charge in [0.05, 0.1) is 11.4 Å². The third-order valence-corrected chi connectivity index (χ3v) is 7.54. The first-order chi connectivity index (χ1) is 13.0. The highest BCUT2D eigenvalue weighted by Gasteiger charge is 2.18. The van der Waals surface area contributed by atoms with E-state index in [1.165, 1.54) is 23.1 Å². The van der Waals surface area contributed by atoms with Gasteiger partial charge < -0.3 is 0 Å². The summed E-state index contributed by atoms with van der Waals surface area (Å²) in [5, 5.41) is 0.580. The molecule has 0 radical (unpaired) electrons. The molecule has 0 aliphatic carbocycles. The Morgan fingerprint density at radius 2 is 2.00 bits per heavy atom. The van der Waals surface area contributed by atoms with E-state index in [1.54, 1.807) is 18.3 Å². The van der Waals surface area contributed by atoms with E-state index in [9.17, 15) is 13.2 Å². The average molecular weight is 426 g/mol. The number of sulfonamides is 1. The molecule has 0 unspecified atom stereocenters. The van der Waals surface area contributed by atoms with Crippen LogP contribution in [0.5, 0.6) is 0 Å². The summed E-state index contributed by atoms with van der Waals surface area (Å²) in [4.78, 5) is 19.0. The molecule has 3 rings (SSSR count). The molecule has 1 fully saturated rings. The summed E-state index contributed by atoms with van der Waals surface area (Å²) >= 11 is 2.73. The summed E-state index contributed by atoms with van der Waals surface area (Å²) in [6.07, 6.45) is 4.41. The first-order valence-electron chi connectivity index (χ1n) is 8.91. The van der Waals surface area contributed by atoms with Crippen molar-refractivity contribution >= 4 is 43.4 Å². The second kappa shape index (κ2) is 9.18. The minimum Gasteiger partial charge on any atom is -0.294 e. The van der Waals surface area contributed by atoms with Gasteiger partial charge in [0, 0.05) is 29.9 Å². The summed E-state index contributed by atoms with van der Waals surface area (Å²) < 4.78 is 27.6. The van der Waals surface area contributed by atoms with Gasteiger partial charge in [0.25, 0.3) is 10.0 Å². The molecule has 0 amide bonds. The summed E-state index contributed by atoms with van der Waals surface area (Å²) in [6, 6.07) is 6.97. The molecule has 0 spiro atoms. The molecule has 1 aliphatic heterocycles. The normalized spacial score (nSPS) is 15.8. The van der Waals surface area contributed by atoms with Crippen molar-refractivity contribution in [1.29, 1.82) is 0 Å². The predicted molar refractivity (Wildman–Crippen MR) is 111 cm³/mol. The molecule has 1 saturated heterocycles. The van der Waals surface area contributed by atoms with E-state index in [0.29, 0.717) is 11.7 Å². The Labute approximate surface area is 168 Å². The maximum Gasteiger partial charge on any atom is 0.263 e. The number of thiazole rings is 1. The molecule has 1 aromatic carbocycles. The van der Waals surface area contributed by atoms with E-state index in [0.717, 1.165) is 48.5 Å². The van der Waals surface area contributed by atoms with Crippen LogP contribution in [0.2, 0.25) is 0 Å². The molecule has 1 N–H and O–H groups in total. The van der Waals surface area contributed by atoms with Gasteiger partial charge >= 0.3 is 0 Å². The van der Waals surface area contributed by atoms with Crippen LogP contribution >= 0.6 is 23.1 Å². The fourth-order valence-electron chi connectivity index (χ4n) is 2.82. The quantitative estimate of drug-likeness (QED) is 0.700. The fraction of sp³-hybridized carbons (Fsp3) is 0.444. The van der Waals surface area contributed by atoms with Crippen LogP contribution in [-0.4, -0.2) is 48.8 Å². The fourth-order valence-corrected chi connectivity index (χ4v) is 5.72. The number of nitrogens with one attached hydrogen (secondary N) is 1. The number of nitrogens with zero attached hydrogens (tertiary/aromatic N) is 2. The zero-order valence-electron chi connectivity index (χ0n) is 15.2. The van der Waals surface area contributed by atoms with Gasteiger partial charge in [-0.2, -0.15) is 0 Å². The van der Waals surface area contributed by atoms with Crippen LogP contribution in [0.15, 0.2) is 35.4 Å². The van der Waals surface area contributed by atoms with E-state index in [1.807, 2.05) is 12.1 Å². The Kier molecular flexibility index (Phi) is 6.91. The number of thioether (sulfide) groups is 1. The van der Waals surface area contributed by atoms with Crippen molar-refractivity contribution in [1.82, 2.24) is 9.88 Å². The first kappa shape index (κ1) is 20.3. The third kappa shape index (κ3) is 5.78. The zero-order valence-corrected chi connectivity index (χ0v) is 17.6. The minimum atomic E-state index is -3.63. The van der Waals surface area contributed by atoms with Crippen LogP contribution < -0.4 is 4.72 Å². The minimum absolute atomic E-state index is 0.212. The largest absolute Gasteiger partial charge is 0.294 e. The number of aryl methyl sites for hydroxylation is 1. The molecule has 2 heterocycles. The Hall–Kier alpha value is -1.42. The third-order valence-electron chi connectivity index (χ3n) is 4.25. The SMILES string of the molecule is CCCc1ccc(S(=O)(=O)Nc2ncc(CCN3CCSC(=O)C3)s2)cc1. The van der Waals surface area contributed by atoms with Gasteiger partial charge in [0.15, 0.2) is 5.13 Å². The lowest BCUT2D eigenvalue weighted by Crippen LogP contribution is -2.36. The molecule has 9 heteroatoms. The molecule has 1 aliphatic rings. The van der Waals surface area contributed by atoms with Crippen LogP contribution in [-0.2, 0) is 27.7 Å². The van der Waals surface area contributed by atoms with Gasteiger partial charge in [-0.05, 0) is 30.5 Å². The van der Waals surface area contributed by atoms with Crippen LogP contribution in [0.4, 0.5) is 5.13 Å². The number of hydrogen-bond donors (Lipinski definition) is 1. The van der Waals surface area contributed by atoms with Gasteiger partial charge in [0.2, 0.25) is 5.12 Å². The van der Waals surface area contributed by atoms with Crippen LogP contribution in [0.25, 0.3) is 0 Å². The van der Waals surface area contributed by atoms with Gasteiger partial charge in [-0.1, -0.05) is 37.2 Å². The number of hydrogen-bond acceptors (Lipinski definition) is 7. The molecule has 1 aromatic heterocycles. The Morgan fingerprint density at radius 3 is 2.70 bits per heavy atom. The zero-order chi connectivity index (χ0) is 19.3. The number of aromatic nitrogens is 1. The Bertz CT molecular complexity index is 879. The second-order valence-corrected chi connectivity index (χ2v) is 10.3. The number of carbonyl (C=O) groups excluding carboxylic acids is 1. The first-order valence-corrected chi connectivity index (χ1v) is 12.2. The van der Waals surface area contributed by atoms with E-state index in [-0.39, 0.29) is 10.0 Å². The lowest BCUT2D eigenvalue weighted by Gasteiger charge is -2.24. The summed E-state index contributed by atoms with van der Waals surface area (Å²) in [7, 11) is -3.63. The molecule has 27 heavy (non-hydrogen) atoms. The van der Waals surface area contributed by atoms with Gasteiger partial charge in [-0.15, -0.1) is 11.3 Å². The van der Waals surface area contributed by atoms with Crippen molar-refractivity contribution in [3.63, 3.8) is 0 Å². The summed E-state index contributed by atoms with van der Waals surface area (Å²) in [6.45, 7) is 4.26. The van der Waals surface area contributed by atoms with Gasteiger partial charge in [-0.3, -0.25) is 14.4 Å². The summed E-state index contributed by atoms with van der Waals surface area (Å²) in [5.74, 6) is 0.837. The van der Waals surface area contributed by atoms with Crippen LogP contribution in [0.3, 0.4) is 0 Å². The van der Waals surface area contributed by atoms with E-state index < -0.39 is 10.0 Å². The standard InChI is InChI=1S/C18H23N3O3S3/c1-2-3-14-4-6-16(7-5-14)27(23,24)20-18-19-12-15(26-18)8-9-21-10-11-25-17(22)13-21/h4-7,12H,2-3,8-11,13H2,1H3,(H,19,20). The lowest BCUT2D eigenvalue weighted by molar-refractivity contribution is -0.112. The maximum absolute atomic E-state index is 12.5. The number of rotatable bonds is 8. The molecular weight excluding hydrogens is 402 g/mol.